The van der Waals surface area contributed by atoms with Gasteiger partial charge in [0.05, 0.1) is 17.8 Å². The van der Waals surface area contributed by atoms with Gasteiger partial charge in [0.2, 0.25) is 0 Å². The Kier molecular flexibility index (Phi) is 5.91. The van der Waals surface area contributed by atoms with Crippen molar-refractivity contribution in [3.8, 4) is 11.5 Å². The number of nitrogens with one attached hydrogen (secondary N) is 2. The molecule has 0 aliphatic heterocycles. The fourth-order valence-corrected chi connectivity index (χ4v) is 2.10. The van der Waals surface area contributed by atoms with Crippen molar-refractivity contribution in [2.45, 2.75) is 0 Å². The van der Waals surface area contributed by atoms with Crippen LogP contribution in [0, 0.1) is 0 Å². The number of carbonyl (C=O) groups excluding carboxylic acids is 2. The Labute approximate surface area is 146 Å². The van der Waals surface area contributed by atoms with Crippen LogP contribution in [0.2, 0.25) is 0 Å². The predicted octanol–water partition coefficient (Wildman–Crippen LogP) is 2.25. The molecular formula is C16H14BrN3O4. The molecule has 0 unspecified atom stereocenters. The number of aromatic hydroxyl groups is 1. The quantitative estimate of drug-likeness (QED) is 0.422. The molecule has 8 heteroatoms. The molecule has 2 amide bonds. The van der Waals surface area contributed by atoms with Gasteiger partial charge < -0.3 is 15.2 Å². The van der Waals surface area contributed by atoms with E-state index < -0.39 is 11.8 Å². The van der Waals surface area contributed by atoms with Gasteiger partial charge in [-0.3, -0.25) is 9.59 Å². The number of phenols is 1. The average molecular weight is 392 g/mol. The van der Waals surface area contributed by atoms with Gasteiger partial charge in [-0.05, 0) is 51.8 Å². The van der Waals surface area contributed by atoms with E-state index in [9.17, 15) is 14.7 Å². The fraction of sp³-hybridized carbons (Fsp3) is 0.0625. The molecular weight excluding hydrogens is 378 g/mol. The zero-order valence-electron chi connectivity index (χ0n) is 12.6. The fourth-order valence-electron chi connectivity index (χ4n) is 1.71. The van der Waals surface area contributed by atoms with Gasteiger partial charge in [0.1, 0.15) is 11.5 Å². The SMILES string of the molecule is COc1cccc(NC(=O)C(=O)N/N=C/c2ccc(O)c(Br)c2)c1. The van der Waals surface area contributed by atoms with E-state index in [2.05, 4.69) is 31.8 Å². The number of hydrogen-bond donors (Lipinski definition) is 3. The molecule has 0 saturated heterocycles. The first-order valence-electron chi connectivity index (χ1n) is 6.76. The van der Waals surface area contributed by atoms with Gasteiger partial charge in [0.25, 0.3) is 0 Å². The molecule has 0 saturated carbocycles. The summed E-state index contributed by atoms with van der Waals surface area (Å²) in [7, 11) is 1.50. The van der Waals surface area contributed by atoms with E-state index >= 15 is 0 Å². The van der Waals surface area contributed by atoms with Crippen molar-refractivity contribution in [1.29, 1.82) is 0 Å². The number of carbonyl (C=O) groups is 2. The second-order valence-corrected chi connectivity index (χ2v) is 5.45. The van der Waals surface area contributed by atoms with Gasteiger partial charge in [-0.1, -0.05) is 6.07 Å². The number of methoxy groups -OCH3 is 1. The zero-order valence-corrected chi connectivity index (χ0v) is 14.2. The van der Waals surface area contributed by atoms with Gasteiger partial charge in [-0.25, -0.2) is 5.43 Å². The van der Waals surface area contributed by atoms with Crippen molar-refractivity contribution in [1.82, 2.24) is 5.43 Å². The highest BCUT2D eigenvalue weighted by Gasteiger charge is 2.13. The van der Waals surface area contributed by atoms with Crippen LogP contribution in [0.25, 0.3) is 0 Å². The standard InChI is InChI=1S/C16H14BrN3O4/c1-24-12-4-2-3-11(8-12)19-15(22)16(23)20-18-9-10-5-6-14(21)13(17)7-10/h2-9,21H,1H3,(H,19,22)(H,20,23)/b18-9+. The van der Waals surface area contributed by atoms with Crippen LogP contribution in [0.3, 0.4) is 0 Å². The maximum atomic E-state index is 11.8. The van der Waals surface area contributed by atoms with Gasteiger partial charge in [-0.2, -0.15) is 5.10 Å². The second kappa shape index (κ2) is 8.11. The lowest BCUT2D eigenvalue weighted by Gasteiger charge is -2.05. The van der Waals surface area contributed by atoms with Gasteiger partial charge in [0.15, 0.2) is 0 Å². The topological polar surface area (TPSA) is 100 Å². The van der Waals surface area contributed by atoms with Crippen molar-refractivity contribution < 1.29 is 19.4 Å². The Balaban J connectivity index is 1.92. The van der Waals surface area contributed by atoms with Crippen LogP contribution in [-0.2, 0) is 9.59 Å². The maximum absolute atomic E-state index is 11.8. The largest absolute Gasteiger partial charge is 0.507 e. The normalized spacial score (nSPS) is 10.4. The smallest absolute Gasteiger partial charge is 0.329 e. The van der Waals surface area contributed by atoms with Crippen LogP contribution < -0.4 is 15.5 Å². The number of amides is 2. The molecule has 0 aliphatic rings. The van der Waals surface area contributed by atoms with E-state index in [1.807, 2.05) is 0 Å². The molecule has 0 fully saturated rings. The monoisotopic (exact) mass is 391 g/mol. The molecule has 0 aliphatic carbocycles. The minimum Gasteiger partial charge on any atom is -0.507 e. The molecule has 0 radical (unpaired) electrons. The molecule has 3 N–H and O–H groups in total. The van der Waals surface area contributed by atoms with Crippen molar-refractivity contribution in [3.63, 3.8) is 0 Å². The third-order valence-corrected chi connectivity index (χ3v) is 3.52. The first kappa shape index (κ1) is 17.5. The predicted molar refractivity (Wildman–Crippen MR) is 93.2 cm³/mol. The molecule has 0 atom stereocenters. The first-order valence-corrected chi connectivity index (χ1v) is 7.56. The molecule has 2 rings (SSSR count). The van der Waals surface area contributed by atoms with Crippen LogP contribution in [0.5, 0.6) is 11.5 Å². The summed E-state index contributed by atoms with van der Waals surface area (Å²) in [6.45, 7) is 0. The summed E-state index contributed by atoms with van der Waals surface area (Å²) in [4.78, 5) is 23.5. The van der Waals surface area contributed by atoms with Gasteiger partial charge in [-0.15, -0.1) is 0 Å². The van der Waals surface area contributed by atoms with Gasteiger partial charge in [0, 0.05) is 11.8 Å². The van der Waals surface area contributed by atoms with Crippen LogP contribution in [-0.4, -0.2) is 30.2 Å². The maximum Gasteiger partial charge on any atom is 0.329 e. The summed E-state index contributed by atoms with van der Waals surface area (Å²) in [6, 6.07) is 11.3. The Hall–Kier alpha value is -2.87. The average Bonchev–Trinajstić information content (AvgIpc) is 2.58. The Bertz CT molecular complexity index is 793. The highest BCUT2D eigenvalue weighted by Crippen LogP contribution is 2.23. The number of hydrazone groups is 1. The molecule has 24 heavy (non-hydrogen) atoms. The van der Waals surface area contributed by atoms with E-state index in [1.54, 1.807) is 36.4 Å². The summed E-state index contributed by atoms with van der Waals surface area (Å²) in [5.41, 5.74) is 3.19. The highest BCUT2D eigenvalue weighted by atomic mass is 79.9. The van der Waals surface area contributed by atoms with E-state index in [-0.39, 0.29) is 5.75 Å². The zero-order chi connectivity index (χ0) is 17.5. The van der Waals surface area contributed by atoms with Crippen molar-refractivity contribution >= 4 is 39.6 Å². The van der Waals surface area contributed by atoms with Crippen molar-refractivity contribution in [3.05, 3.63) is 52.5 Å². The van der Waals surface area contributed by atoms with Crippen LogP contribution >= 0.6 is 15.9 Å². The molecule has 2 aromatic carbocycles. The molecule has 0 bridgehead atoms. The van der Waals surface area contributed by atoms with E-state index in [4.69, 9.17) is 4.74 Å². The lowest BCUT2D eigenvalue weighted by Crippen LogP contribution is -2.32. The minimum atomic E-state index is -0.910. The lowest BCUT2D eigenvalue weighted by atomic mass is 10.2. The van der Waals surface area contributed by atoms with Crippen LogP contribution in [0.15, 0.2) is 52.0 Å². The summed E-state index contributed by atoms with van der Waals surface area (Å²) in [5.74, 6) is -1.11. The number of ether oxygens (including phenoxy) is 1. The van der Waals surface area contributed by atoms with Crippen LogP contribution in [0.1, 0.15) is 5.56 Å². The molecule has 7 nitrogen and oxygen atoms in total. The number of rotatable bonds is 4. The second-order valence-electron chi connectivity index (χ2n) is 4.60. The van der Waals surface area contributed by atoms with Crippen LogP contribution in [0.4, 0.5) is 5.69 Å². The number of nitrogens with zero attached hydrogens (tertiary/aromatic N) is 1. The number of hydrogen-bond acceptors (Lipinski definition) is 5. The molecule has 124 valence electrons. The number of benzene rings is 2. The Morgan fingerprint density at radius 2 is 2.00 bits per heavy atom. The molecule has 0 heterocycles. The van der Waals surface area contributed by atoms with E-state index in [0.717, 1.165) is 0 Å². The van der Waals surface area contributed by atoms with Gasteiger partial charge >= 0.3 is 11.8 Å². The third-order valence-electron chi connectivity index (χ3n) is 2.89. The van der Waals surface area contributed by atoms with Crippen molar-refractivity contribution in [2.75, 3.05) is 12.4 Å². The summed E-state index contributed by atoms with van der Waals surface area (Å²) < 4.78 is 5.53. The minimum absolute atomic E-state index is 0.0915. The summed E-state index contributed by atoms with van der Waals surface area (Å²) in [6.07, 6.45) is 1.35. The van der Waals surface area contributed by atoms with Crippen molar-refractivity contribution in [2.24, 2.45) is 5.10 Å². The number of phenolic OH excluding ortho intramolecular Hbond substituents is 1. The summed E-state index contributed by atoms with van der Waals surface area (Å²) in [5, 5.41) is 15.5. The number of halogens is 1. The number of anilines is 1. The molecule has 0 spiro atoms. The highest BCUT2D eigenvalue weighted by molar-refractivity contribution is 9.10. The molecule has 0 aromatic heterocycles. The van der Waals surface area contributed by atoms with E-state index in [1.165, 1.54) is 19.4 Å². The first-order chi connectivity index (χ1) is 11.5. The molecule has 2 aromatic rings. The third kappa shape index (κ3) is 4.82. The van der Waals surface area contributed by atoms with E-state index in [0.29, 0.717) is 21.5 Å². The summed E-state index contributed by atoms with van der Waals surface area (Å²) >= 11 is 3.17. The Morgan fingerprint density at radius 1 is 1.21 bits per heavy atom. The lowest BCUT2D eigenvalue weighted by molar-refractivity contribution is -0.136. The Morgan fingerprint density at radius 3 is 2.71 bits per heavy atom.